The van der Waals surface area contributed by atoms with Crippen LogP contribution in [0.3, 0.4) is 0 Å². The van der Waals surface area contributed by atoms with Gasteiger partial charge in [-0.2, -0.15) is 0 Å². The van der Waals surface area contributed by atoms with Crippen molar-refractivity contribution in [2.24, 2.45) is 0 Å². The summed E-state index contributed by atoms with van der Waals surface area (Å²) in [5, 5.41) is 21.0. The summed E-state index contributed by atoms with van der Waals surface area (Å²) in [5.41, 5.74) is 2.51. The molecule has 2 aromatic rings. The van der Waals surface area contributed by atoms with Gasteiger partial charge in [-0.05, 0) is 35.7 Å². The Hall–Kier alpha value is -2.77. The third-order valence-electron chi connectivity index (χ3n) is 4.72. The summed E-state index contributed by atoms with van der Waals surface area (Å²) in [6.07, 6.45) is 0.661. The van der Waals surface area contributed by atoms with Crippen molar-refractivity contribution < 1.29 is 19.5 Å². The SMILES string of the molecule is COc1cc2c(cc1OC)C(c1ccccc1N([O-])O)N(C(C)=O)CC2. The van der Waals surface area contributed by atoms with Crippen LogP contribution in [0.4, 0.5) is 5.69 Å². The van der Waals surface area contributed by atoms with Gasteiger partial charge in [0, 0.05) is 19.0 Å². The van der Waals surface area contributed by atoms with Crippen LogP contribution in [0.2, 0.25) is 0 Å². The lowest BCUT2D eigenvalue weighted by atomic mass is 9.87. The quantitative estimate of drug-likeness (QED) is 0.847. The molecule has 2 aromatic carbocycles. The molecule has 1 N–H and O–H groups in total. The molecule has 0 fully saturated rings. The lowest BCUT2D eigenvalue weighted by molar-refractivity contribution is -0.130. The highest BCUT2D eigenvalue weighted by atomic mass is 16.8. The number of benzene rings is 2. The zero-order chi connectivity index (χ0) is 18.8. The van der Waals surface area contributed by atoms with E-state index in [-0.39, 0.29) is 16.8 Å². The van der Waals surface area contributed by atoms with Gasteiger partial charge >= 0.3 is 0 Å². The average Bonchev–Trinajstić information content (AvgIpc) is 2.65. The van der Waals surface area contributed by atoms with Gasteiger partial charge in [-0.15, -0.1) is 0 Å². The number of rotatable bonds is 4. The Bertz CT molecular complexity index is 822. The van der Waals surface area contributed by atoms with Gasteiger partial charge in [-0.3, -0.25) is 10.0 Å². The van der Waals surface area contributed by atoms with E-state index in [1.54, 1.807) is 37.3 Å². The Labute approximate surface area is 151 Å². The molecular weight excluding hydrogens is 336 g/mol. The van der Waals surface area contributed by atoms with Crippen LogP contribution in [0, 0.1) is 5.21 Å². The van der Waals surface area contributed by atoms with Gasteiger partial charge in [0.2, 0.25) is 5.91 Å². The molecule has 0 bridgehead atoms. The molecule has 1 aliphatic rings. The molecule has 1 aliphatic heterocycles. The average molecular weight is 357 g/mol. The first-order valence-corrected chi connectivity index (χ1v) is 8.25. The molecule has 7 nitrogen and oxygen atoms in total. The van der Waals surface area contributed by atoms with Crippen molar-refractivity contribution in [3.63, 3.8) is 0 Å². The predicted octanol–water partition coefficient (Wildman–Crippen LogP) is 2.89. The molecule has 0 aromatic heterocycles. The number of carbonyl (C=O) groups excluding carboxylic acids is 1. The minimum Gasteiger partial charge on any atom is -0.733 e. The number of para-hydroxylation sites is 1. The van der Waals surface area contributed by atoms with E-state index in [1.165, 1.54) is 13.0 Å². The summed E-state index contributed by atoms with van der Waals surface area (Å²) < 4.78 is 10.8. The first-order chi connectivity index (χ1) is 12.5. The van der Waals surface area contributed by atoms with Crippen molar-refractivity contribution in [3.8, 4) is 11.5 Å². The fourth-order valence-corrected chi connectivity index (χ4v) is 3.51. The third-order valence-corrected chi connectivity index (χ3v) is 4.72. The highest BCUT2D eigenvalue weighted by molar-refractivity contribution is 5.76. The van der Waals surface area contributed by atoms with Crippen LogP contribution in [0.5, 0.6) is 11.5 Å². The Kier molecular flexibility index (Phi) is 5.01. The fraction of sp³-hybridized carbons (Fsp3) is 0.316. The van der Waals surface area contributed by atoms with Gasteiger partial charge in [0.15, 0.2) is 11.5 Å². The van der Waals surface area contributed by atoms with Gasteiger partial charge in [0.05, 0.1) is 25.9 Å². The van der Waals surface area contributed by atoms with Crippen molar-refractivity contribution in [2.75, 3.05) is 26.0 Å². The number of nitrogens with zero attached hydrogens (tertiary/aromatic N) is 2. The Balaban J connectivity index is 2.23. The molecule has 7 heteroatoms. The summed E-state index contributed by atoms with van der Waals surface area (Å²) in [5.74, 6) is 1.05. The Morgan fingerprint density at radius 3 is 2.46 bits per heavy atom. The van der Waals surface area contributed by atoms with E-state index in [0.717, 1.165) is 11.1 Å². The predicted molar refractivity (Wildman–Crippen MR) is 96.6 cm³/mol. The van der Waals surface area contributed by atoms with Crippen LogP contribution < -0.4 is 14.7 Å². The molecule has 1 heterocycles. The van der Waals surface area contributed by atoms with E-state index in [9.17, 15) is 15.2 Å². The molecule has 138 valence electrons. The molecule has 1 unspecified atom stereocenters. The zero-order valence-electron chi connectivity index (χ0n) is 14.9. The van der Waals surface area contributed by atoms with Gasteiger partial charge in [0.1, 0.15) is 0 Å². The first-order valence-electron chi connectivity index (χ1n) is 8.25. The lowest BCUT2D eigenvalue weighted by Gasteiger charge is -2.39. The number of ether oxygens (including phenoxy) is 2. The summed E-state index contributed by atoms with van der Waals surface area (Å²) in [6, 6.07) is 9.92. The maximum Gasteiger partial charge on any atom is 0.220 e. The van der Waals surface area contributed by atoms with E-state index in [0.29, 0.717) is 30.0 Å². The van der Waals surface area contributed by atoms with Crippen LogP contribution in [-0.2, 0) is 11.2 Å². The number of anilines is 1. The van der Waals surface area contributed by atoms with Crippen molar-refractivity contribution >= 4 is 11.6 Å². The second-order valence-corrected chi connectivity index (χ2v) is 6.10. The van der Waals surface area contributed by atoms with Crippen LogP contribution in [0.1, 0.15) is 29.7 Å². The fourth-order valence-electron chi connectivity index (χ4n) is 3.51. The van der Waals surface area contributed by atoms with Crippen molar-refractivity contribution in [3.05, 3.63) is 58.3 Å². The van der Waals surface area contributed by atoms with Crippen LogP contribution >= 0.6 is 0 Å². The van der Waals surface area contributed by atoms with E-state index < -0.39 is 6.04 Å². The van der Waals surface area contributed by atoms with Gasteiger partial charge in [-0.1, -0.05) is 18.2 Å². The number of hydrogen-bond donors (Lipinski definition) is 1. The second kappa shape index (κ2) is 7.23. The monoisotopic (exact) mass is 357 g/mol. The zero-order valence-corrected chi connectivity index (χ0v) is 14.9. The van der Waals surface area contributed by atoms with E-state index in [2.05, 4.69) is 0 Å². The lowest BCUT2D eigenvalue weighted by Crippen LogP contribution is -2.39. The smallest absolute Gasteiger partial charge is 0.220 e. The number of carbonyl (C=O) groups is 1. The third kappa shape index (κ3) is 3.07. The molecule has 1 amide bonds. The molecule has 3 rings (SSSR count). The van der Waals surface area contributed by atoms with Crippen molar-refractivity contribution in [2.45, 2.75) is 19.4 Å². The molecule has 0 spiro atoms. The molecule has 0 aliphatic carbocycles. The Morgan fingerprint density at radius 1 is 1.19 bits per heavy atom. The largest absolute Gasteiger partial charge is 0.733 e. The molecule has 1 atom stereocenters. The molecule has 0 saturated carbocycles. The van der Waals surface area contributed by atoms with Crippen molar-refractivity contribution in [1.82, 2.24) is 4.90 Å². The first kappa shape index (κ1) is 18.0. The maximum absolute atomic E-state index is 12.3. The van der Waals surface area contributed by atoms with Crippen LogP contribution in [-0.4, -0.2) is 36.8 Å². The van der Waals surface area contributed by atoms with Crippen LogP contribution in [0.15, 0.2) is 36.4 Å². The number of methoxy groups -OCH3 is 2. The topological polar surface area (TPSA) is 85.3 Å². The molecule has 0 saturated heterocycles. The summed E-state index contributed by atoms with van der Waals surface area (Å²) in [6.45, 7) is 2.00. The number of fused-ring (bicyclic) bond motifs is 1. The number of amides is 1. The van der Waals surface area contributed by atoms with Crippen LogP contribution in [0.25, 0.3) is 0 Å². The van der Waals surface area contributed by atoms with Gasteiger partial charge in [-0.25, -0.2) is 0 Å². The van der Waals surface area contributed by atoms with Gasteiger partial charge in [0.25, 0.3) is 0 Å². The van der Waals surface area contributed by atoms with E-state index in [1.807, 2.05) is 12.1 Å². The number of hydrogen-bond acceptors (Lipinski definition) is 6. The minimum absolute atomic E-state index is 0.103. The standard InChI is InChI=1S/C19H21N2O5/c1-12(22)20-9-8-13-10-17(25-2)18(26-3)11-15(13)19(20)14-6-4-5-7-16(14)21(23)24/h4-7,10-11,19,23H,8-9H2,1-3H3/q-1. The second-order valence-electron chi connectivity index (χ2n) is 6.10. The van der Waals surface area contributed by atoms with E-state index in [4.69, 9.17) is 9.47 Å². The summed E-state index contributed by atoms with van der Waals surface area (Å²) in [7, 11) is 3.12. The van der Waals surface area contributed by atoms with Crippen molar-refractivity contribution in [1.29, 1.82) is 0 Å². The minimum atomic E-state index is -0.504. The normalized spacial score (nSPS) is 16.0. The Morgan fingerprint density at radius 2 is 1.85 bits per heavy atom. The molecule has 26 heavy (non-hydrogen) atoms. The van der Waals surface area contributed by atoms with E-state index >= 15 is 0 Å². The summed E-state index contributed by atoms with van der Waals surface area (Å²) >= 11 is 0. The maximum atomic E-state index is 12.3. The molecular formula is C19H21N2O5-. The highest BCUT2D eigenvalue weighted by Crippen LogP contribution is 2.43. The van der Waals surface area contributed by atoms with Gasteiger partial charge < -0.3 is 24.8 Å². The molecule has 0 radical (unpaired) electrons. The highest BCUT2D eigenvalue weighted by Gasteiger charge is 2.33. The summed E-state index contributed by atoms with van der Waals surface area (Å²) in [4.78, 5) is 14.0.